The summed E-state index contributed by atoms with van der Waals surface area (Å²) >= 11 is 0. The second-order valence-corrected chi connectivity index (χ2v) is 8.86. The standard InChI is InChI=1S/C21H26N8O3/c1-14-10-21(20(31)29(14)16-9-19(30)32-12-16)4-7-27(8-5-21)6-3-17-15(2)24-18(11-22-17)28-13-23-25-26-28/h9,11,13-14H,3-8,10,12H2,1-2H3/t14-/m0/s1. The maximum absolute atomic E-state index is 13.3. The number of esters is 1. The Morgan fingerprint density at radius 3 is 2.72 bits per heavy atom. The third-order valence-corrected chi connectivity index (χ3v) is 6.85. The van der Waals surface area contributed by atoms with Gasteiger partial charge in [-0.25, -0.2) is 9.78 Å². The Kier molecular flexibility index (Phi) is 5.20. The molecule has 0 saturated carbocycles. The summed E-state index contributed by atoms with van der Waals surface area (Å²) in [4.78, 5) is 38.1. The van der Waals surface area contributed by atoms with Gasteiger partial charge in [0.2, 0.25) is 5.91 Å². The average Bonchev–Trinajstić information content (AvgIpc) is 3.50. The van der Waals surface area contributed by atoms with Crippen molar-refractivity contribution in [3.05, 3.63) is 35.7 Å². The van der Waals surface area contributed by atoms with Gasteiger partial charge < -0.3 is 14.5 Å². The lowest BCUT2D eigenvalue weighted by molar-refractivity contribution is -0.138. The number of nitrogens with zero attached hydrogens (tertiary/aromatic N) is 8. The van der Waals surface area contributed by atoms with Crippen LogP contribution in [-0.2, 0) is 20.7 Å². The maximum atomic E-state index is 13.3. The van der Waals surface area contributed by atoms with E-state index in [-0.39, 0.29) is 29.9 Å². The van der Waals surface area contributed by atoms with Crippen molar-refractivity contribution < 1.29 is 14.3 Å². The van der Waals surface area contributed by atoms with Crippen molar-refractivity contribution in [2.24, 2.45) is 5.41 Å². The van der Waals surface area contributed by atoms with Crippen LogP contribution in [0.1, 0.15) is 37.6 Å². The molecular formula is C21H26N8O3. The molecule has 0 unspecified atom stereocenters. The first-order chi connectivity index (χ1) is 15.4. The van der Waals surface area contributed by atoms with Gasteiger partial charge >= 0.3 is 5.97 Å². The molecule has 11 nitrogen and oxygen atoms in total. The largest absolute Gasteiger partial charge is 0.456 e. The molecule has 5 heterocycles. The predicted octanol–water partition coefficient (Wildman–Crippen LogP) is 0.447. The molecule has 168 valence electrons. The van der Waals surface area contributed by atoms with E-state index in [9.17, 15) is 9.59 Å². The van der Waals surface area contributed by atoms with Gasteiger partial charge in [0, 0.05) is 25.1 Å². The van der Waals surface area contributed by atoms with Crippen LogP contribution in [0.25, 0.3) is 5.82 Å². The van der Waals surface area contributed by atoms with E-state index < -0.39 is 0 Å². The molecular weight excluding hydrogens is 412 g/mol. The molecule has 2 aromatic rings. The van der Waals surface area contributed by atoms with Gasteiger partial charge in [-0.15, -0.1) is 5.10 Å². The number of carbonyl (C=O) groups excluding carboxylic acids is 2. The number of aryl methyl sites for hydroxylation is 1. The van der Waals surface area contributed by atoms with Gasteiger partial charge in [0.1, 0.15) is 12.9 Å². The summed E-state index contributed by atoms with van der Waals surface area (Å²) < 4.78 is 6.51. The van der Waals surface area contributed by atoms with Crippen LogP contribution in [0.4, 0.5) is 0 Å². The van der Waals surface area contributed by atoms with Crippen LogP contribution in [0.2, 0.25) is 0 Å². The van der Waals surface area contributed by atoms with Crippen molar-refractivity contribution in [2.75, 3.05) is 26.2 Å². The number of piperidine rings is 1. The zero-order valence-electron chi connectivity index (χ0n) is 18.3. The van der Waals surface area contributed by atoms with Gasteiger partial charge in [0.05, 0.1) is 28.7 Å². The van der Waals surface area contributed by atoms with E-state index in [1.54, 1.807) is 11.1 Å². The van der Waals surface area contributed by atoms with Crippen LogP contribution in [-0.4, -0.2) is 84.1 Å². The van der Waals surface area contributed by atoms with Crippen molar-refractivity contribution in [1.82, 2.24) is 40.0 Å². The third-order valence-electron chi connectivity index (χ3n) is 6.85. The van der Waals surface area contributed by atoms with E-state index in [4.69, 9.17) is 4.74 Å². The lowest BCUT2D eigenvalue weighted by atomic mass is 9.76. The summed E-state index contributed by atoms with van der Waals surface area (Å²) in [6.45, 7) is 6.82. The summed E-state index contributed by atoms with van der Waals surface area (Å²) in [6, 6.07) is 0.0893. The Labute approximate surface area is 185 Å². The number of rotatable bonds is 5. The number of cyclic esters (lactones) is 1. The molecule has 5 rings (SSSR count). The predicted molar refractivity (Wildman–Crippen MR) is 111 cm³/mol. The molecule has 3 aliphatic heterocycles. The van der Waals surface area contributed by atoms with Gasteiger partial charge in [0.25, 0.3) is 0 Å². The van der Waals surface area contributed by atoms with Crippen LogP contribution >= 0.6 is 0 Å². The van der Waals surface area contributed by atoms with Gasteiger partial charge in [-0.05, 0) is 56.6 Å². The topological polar surface area (TPSA) is 119 Å². The Hall–Kier alpha value is -3.21. The molecule has 0 bridgehead atoms. The Bertz CT molecular complexity index is 1060. The molecule has 2 aromatic heterocycles. The molecule has 0 N–H and O–H groups in total. The van der Waals surface area contributed by atoms with Crippen molar-refractivity contribution in [2.45, 2.75) is 45.6 Å². The molecule has 0 aromatic carbocycles. The number of aromatic nitrogens is 6. The first-order valence-electron chi connectivity index (χ1n) is 10.9. The molecule has 1 spiro atoms. The normalized spacial score (nSPS) is 23.1. The van der Waals surface area contributed by atoms with Crippen LogP contribution in [0.3, 0.4) is 0 Å². The Morgan fingerprint density at radius 2 is 2.06 bits per heavy atom. The number of likely N-dealkylation sites (tertiary alicyclic amines) is 2. The molecule has 1 amide bonds. The highest BCUT2D eigenvalue weighted by Gasteiger charge is 2.52. The monoisotopic (exact) mass is 438 g/mol. The molecule has 32 heavy (non-hydrogen) atoms. The highest BCUT2D eigenvalue weighted by atomic mass is 16.5. The van der Waals surface area contributed by atoms with Gasteiger partial charge in [-0.3, -0.25) is 9.78 Å². The fourth-order valence-corrected chi connectivity index (χ4v) is 5.12. The fourth-order valence-electron chi connectivity index (χ4n) is 5.12. The lowest BCUT2D eigenvalue weighted by Gasteiger charge is -2.38. The zero-order valence-corrected chi connectivity index (χ0v) is 18.3. The quantitative estimate of drug-likeness (QED) is 0.613. The summed E-state index contributed by atoms with van der Waals surface area (Å²) in [6.07, 6.45) is 7.92. The fraction of sp³-hybridized carbons (Fsp3) is 0.571. The number of amides is 1. The molecule has 3 aliphatic rings. The summed E-state index contributed by atoms with van der Waals surface area (Å²) in [5.41, 5.74) is 2.19. The minimum atomic E-state index is -0.361. The van der Waals surface area contributed by atoms with Crippen molar-refractivity contribution in [3.63, 3.8) is 0 Å². The lowest BCUT2D eigenvalue weighted by Crippen LogP contribution is -2.45. The van der Waals surface area contributed by atoms with E-state index in [1.807, 2.05) is 6.92 Å². The van der Waals surface area contributed by atoms with Crippen LogP contribution in [0.5, 0.6) is 0 Å². The number of hydrogen-bond donors (Lipinski definition) is 0. The molecule has 1 atom stereocenters. The number of ether oxygens (including phenoxy) is 1. The van der Waals surface area contributed by atoms with E-state index in [2.05, 4.69) is 37.3 Å². The number of tetrazole rings is 1. The van der Waals surface area contributed by atoms with E-state index in [0.29, 0.717) is 11.5 Å². The molecule has 2 fully saturated rings. The van der Waals surface area contributed by atoms with Crippen LogP contribution in [0.15, 0.2) is 24.3 Å². The van der Waals surface area contributed by atoms with Crippen molar-refractivity contribution >= 4 is 11.9 Å². The first kappa shape index (κ1) is 20.7. The minimum absolute atomic E-state index is 0.0893. The molecule has 0 radical (unpaired) electrons. The third kappa shape index (κ3) is 3.66. The summed E-state index contributed by atoms with van der Waals surface area (Å²) in [7, 11) is 0. The second kappa shape index (κ2) is 8.05. The molecule has 0 aliphatic carbocycles. The minimum Gasteiger partial charge on any atom is -0.456 e. The van der Waals surface area contributed by atoms with Crippen LogP contribution in [0, 0.1) is 12.3 Å². The van der Waals surface area contributed by atoms with Crippen molar-refractivity contribution in [1.29, 1.82) is 0 Å². The highest BCUT2D eigenvalue weighted by Crippen LogP contribution is 2.46. The van der Waals surface area contributed by atoms with Crippen LogP contribution < -0.4 is 0 Å². The summed E-state index contributed by atoms with van der Waals surface area (Å²) in [5, 5.41) is 11.1. The molecule has 11 heteroatoms. The van der Waals surface area contributed by atoms with Gasteiger partial charge in [-0.1, -0.05) is 0 Å². The van der Waals surface area contributed by atoms with E-state index in [0.717, 1.165) is 56.7 Å². The molecule has 2 saturated heterocycles. The summed E-state index contributed by atoms with van der Waals surface area (Å²) in [5.74, 6) is 0.383. The average molecular weight is 438 g/mol. The first-order valence-corrected chi connectivity index (χ1v) is 10.9. The van der Waals surface area contributed by atoms with Gasteiger partial charge in [0.15, 0.2) is 5.82 Å². The number of hydrogen-bond acceptors (Lipinski definition) is 9. The van der Waals surface area contributed by atoms with Gasteiger partial charge in [-0.2, -0.15) is 4.68 Å². The zero-order chi connectivity index (χ0) is 22.3. The van der Waals surface area contributed by atoms with E-state index >= 15 is 0 Å². The Balaban J connectivity index is 1.18. The number of carbonyl (C=O) groups is 2. The van der Waals surface area contributed by atoms with Crippen molar-refractivity contribution in [3.8, 4) is 5.82 Å². The SMILES string of the molecule is Cc1nc(-n2cnnn2)cnc1CCN1CCC2(CC1)C[C@H](C)N(C1=CC(=O)OC1)C2=O. The smallest absolute Gasteiger partial charge is 0.333 e. The Morgan fingerprint density at radius 1 is 1.25 bits per heavy atom. The highest BCUT2D eigenvalue weighted by molar-refractivity contribution is 5.91. The maximum Gasteiger partial charge on any atom is 0.333 e. The van der Waals surface area contributed by atoms with E-state index in [1.165, 1.54) is 17.1 Å². The second-order valence-electron chi connectivity index (χ2n) is 8.86.